The monoisotopic (exact) mass is 295 g/mol. The Balaban J connectivity index is 5.05. The molecule has 0 saturated carbocycles. The van der Waals surface area contributed by atoms with Gasteiger partial charge in [-0.25, -0.2) is 4.21 Å². The Labute approximate surface area is 113 Å². The van der Waals surface area contributed by atoms with Crippen LogP contribution in [0.5, 0.6) is 0 Å². The molecule has 5 heteroatoms. The molecule has 0 aromatic carbocycles. The smallest absolute Gasteiger partial charge is 0.194 e. The number of hydrogen-bond acceptors (Lipinski definition) is 2. The number of rotatable bonds is 5. The van der Waals surface area contributed by atoms with E-state index in [4.69, 9.17) is 10.7 Å². The zero-order valence-corrected chi connectivity index (χ0v) is 14.5. The van der Waals surface area contributed by atoms with E-state index < -0.39 is 17.2 Å². The van der Waals surface area contributed by atoms with Crippen LogP contribution in [0.1, 0.15) is 34.1 Å². The van der Waals surface area contributed by atoms with Crippen LogP contribution in [0.4, 0.5) is 0 Å². The highest BCUT2D eigenvalue weighted by atomic mass is 35.7. The molecule has 102 valence electrons. The predicted octanol–water partition coefficient (Wildman–Crippen LogP) is 4.83. The summed E-state index contributed by atoms with van der Waals surface area (Å²) in [6.07, 6.45) is 2.67. The summed E-state index contributed by atoms with van der Waals surface area (Å²) < 4.78 is 16.9. The summed E-state index contributed by atoms with van der Waals surface area (Å²) in [4.78, 5) is 0. The zero-order valence-electron chi connectivity index (χ0n) is 11.9. The average molecular weight is 296 g/mol. The van der Waals surface area contributed by atoms with Crippen molar-refractivity contribution in [3.05, 3.63) is 12.7 Å². The second-order valence-electron chi connectivity index (χ2n) is 6.26. The SMILES string of the molecule is C=CC[C@H](C)CS(=O)(Cl)=N[Si](C)(C)C(C)(C)C. The molecule has 0 N–H and O–H groups in total. The van der Waals surface area contributed by atoms with E-state index in [0.29, 0.717) is 5.75 Å². The van der Waals surface area contributed by atoms with Gasteiger partial charge in [0.05, 0.1) is 0 Å². The first-order chi connectivity index (χ1) is 7.41. The van der Waals surface area contributed by atoms with Gasteiger partial charge in [-0.1, -0.05) is 33.8 Å². The van der Waals surface area contributed by atoms with Crippen LogP contribution >= 0.6 is 10.7 Å². The summed E-state index contributed by atoms with van der Waals surface area (Å²) in [6, 6.07) is 0. The molecule has 0 spiro atoms. The first kappa shape index (κ1) is 17.2. The lowest BCUT2D eigenvalue weighted by Crippen LogP contribution is -2.36. The second kappa shape index (κ2) is 5.89. The van der Waals surface area contributed by atoms with Crippen LogP contribution in [0.3, 0.4) is 0 Å². The minimum Gasteiger partial charge on any atom is -0.265 e. The van der Waals surface area contributed by atoms with Crippen molar-refractivity contribution in [2.75, 3.05) is 5.75 Å². The van der Waals surface area contributed by atoms with Crippen LogP contribution in [0, 0.1) is 5.92 Å². The van der Waals surface area contributed by atoms with Crippen molar-refractivity contribution in [1.29, 1.82) is 0 Å². The molecule has 0 aromatic rings. The molecule has 1 unspecified atom stereocenters. The molecule has 2 nitrogen and oxygen atoms in total. The highest BCUT2D eigenvalue weighted by Crippen LogP contribution is 2.38. The molecule has 0 saturated heterocycles. The Morgan fingerprint density at radius 3 is 2.29 bits per heavy atom. The van der Waals surface area contributed by atoms with Crippen molar-refractivity contribution in [3.8, 4) is 0 Å². The van der Waals surface area contributed by atoms with Crippen LogP contribution in [0.25, 0.3) is 0 Å². The Morgan fingerprint density at radius 1 is 1.47 bits per heavy atom. The van der Waals surface area contributed by atoms with Gasteiger partial charge in [0.15, 0.2) is 8.24 Å². The van der Waals surface area contributed by atoms with Gasteiger partial charge in [-0.15, -0.1) is 6.58 Å². The van der Waals surface area contributed by atoms with E-state index in [1.54, 1.807) is 0 Å². The lowest BCUT2D eigenvalue weighted by atomic mass is 10.1. The van der Waals surface area contributed by atoms with E-state index in [-0.39, 0.29) is 11.0 Å². The van der Waals surface area contributed by atoms with Crippen LogP contribution in [-0.2, 0) is 8.94 Å². The molecular formula is C12H26ClNOSSi. The third-order valence-electron chi connectivity index (χ3n) is 3.26. The predicted molar refractivity (Wildman–Crippen MR) is 82.5 cm³/mol. The summed E-state index contributed by atoms with van der Waals surface area (Å²) in [5.41, 5.74) is 0. The van der Waals surface area contributed by atoms with E-state index in [0.717, 1.165) is 6.42 Å². The van der Waals surface area contributed by atoms with E-state index in [9.17, 15) is 4.21 Å². The highest BCUT2D eigenvalue weighted by molar-refractivity contribution is 8.16. The Hall–Kier alpha value is 0.197. The Kier molecular flexibility index (Phi) is 5.96. The molecular weight excluding hydrogens is 270 g/mol. The van der Waals surface area contributed by atoms with Crippen LogP contribution in [0.15, 0.2) is 16.7 Å². The molecule has 2 atom stereocenters. The molecule has 0 rings (SSSR count). The van der Waals surface area contributed by atoms with E-state index >= 15 is 0 Å². The van der Waals surface area contributed by atoms with Crippen molar-refractivity contribution in [2.24, 2.45) is 9.95 Å². The van der Waals surface area contributed by atoms with Gasteiger partial charge in [0.25, 0.3) is 0 Å². The summed E-state index contributed by atoms with van der Waals surface area (Å²) in [5, 5.41) is 0.0756. The molecule has 0 heterocycles. The molecule has 0 bridgehead atoms. The van der Waals surface area contributed by atoms with E-state index in [2.05, 4.69) is 44.5 Å². The fourth-order valence-corrected chi connectivity index (χ4v) is 8.37. The number of nitrogens with zero attached hydrogens (tertiary/aromatic N) is 1. The fourth-order valence-electron chi connectivity index (χ4n) is 1.22. The maximum absolute atomic E-state index is 12.3. The van der Waals surface area contributed by atoms with E-state index in [1.165, 1.54) is 0 Å². The van der Waals surface area contributed by atoms with Gasteiger partial charge < -0.3 is 0 Å². The third-order valence-corrected chi connectivity index (χ3v) is 11.8. The van der Waals surface area contributed by atoms with Gasteiger partial charge in [0.2, 0.25) is 0 Å². The Morgan fingerprint density at radius 2 is 1.94 bits per heavy atom. The van der Waals surface area contributed by atoms with Gasteiger partial charge in [-0.3, -0.25) is 4.03 Å². The van der Waals surface area contributed by atoms with Crippen molar-refractivity contribution in [2.45, 2.75) is 52.2 Å². The zero-order chi connectivity index (χ0) is 13.9. The normalized spacial score (nSPS) is 18.3. The summed E-state index contributed by atoms with van der Waals surface area (Å²) in [6.45, 7) is 16.4. The molecule has 0 aliphatic heterocycles. The molecule has 0 aliphatic carbocycles. The minimum atomic E-state index is -2.58. The Bertz CT molecular complexity index is 378. The first-order valence-electron chi connectivity index (χ1n) is 5.98. The molecule has 0 aliphatic rings. The molecule has 0 radical (unpaired) electrons. The topological polar surface area (TPSA) is 29.4 Å². The summed E-state index contributed by atoms with van der Waals surface area (Å²) in [5.74, 6) is 0.721. The third kappa shape index (κ3) is 6.07. The van der Waals surface area contributed by atoms with Crippen LogP contribution in [0.2, 0.25) is 18.1 Å². The standard InChI is InChI=1S/C12H26ClNOSSi/c1-8-9-11(2)10-16(13,15)14-17(6,7)12(3,4)5/h8,11H,1,9-10H2,2-7H3/t11-,16?/m0/s1. The average Bonchev–Trinajstić information content (AvgIpc) is 1.97. The highest BCUT2D eigenvalue weighted by Gasteiger charge is 2.37. The van der Waals surface area contributed by atoms with Gasteiger partial charge in [-0.05, 0) is 41.2 Å². The largest absolute Gasteiger partial charge is 0.265 e. The first-order valence-corrected chi connectivity index (χ1v) is 11.4. The van der Waals surface area contributed by atoms with Gasteiger partial charge in [0, 0.05) is 5.75 Å². The second-order valence-corrected chi connectivity index (χ2v) is 14.5. The van der Waals surface area contributed by atoms with E-state index in [1.807, 2.05) is 13.0 Å². The van der Waals surface area contributed by atoms with Crippen molar-refractivity contribution in [3.63, 3.8) is 0 Å². The molecule has 0 amide bonds. The maximum atomic E-state index is 12.3. The van der Waals surface area contributed by atoms with Crippen LogP contribution < -0.4 is 0 Å². The van der Waals surface area contributed by atoms with Crippen LogP contribution in [-0.4, -0.2) is 18.2 Å². The van der Waals surface area contributed by atoms with Crippen molar-refractivity contribution < 1.29 is 4.21 Å². The van der Waals surface area contributed by atoms with Crippen molar-refractivity contribution >= 4 is 27.9 Å². The number of halogens is 1. The lowest BCUT2D eigenvalue weighted by molar-refractivity contribution is 0.642. The number of hydrogen-bond donors (Lipinski definition) is 0. The molecule has 0 aromatic heterocycles. The molecule has 0 fully saturated rings. The summed E-state index contributed by atoms with van der Waals surface area (Å²) in [7, 11) is 1.60. The maximum Gasteiger partial charge on any atom is 0.194 e. The quantitative estimate of drug-likeness (QED) is 0.406. The number of allylic oxidation sites excluding steroid dienone is 1. The van der Waals surface area contributed by atoms with Gasteiger partial charge in [-0.2, -0.15) is 0 Å². The lowest BCUT2D eigenvalue weighted by Gasteiger charge is -2.32. The minimum absolute atomic E-state index is 0.0756. The van der Waals surface area contributed by atoms with Crippen molar-refractivity contribution in [1.82, 2.24) is 0 Å². The fraction of sp³-hybridized carbons (Fsp3) is 0.833. The van der Waals surface area contributed by atoms with Gasteiger partial charge >= 0.3 is 0 Å². The summed E-state index contributed by atoms with van der Waals surface area (Å²) >= 11 is 0. The molecule has 17 heavy (non-hydrogen) atoms. The van der Waals surface area contributed by atoms with Gasteiger partial charge in [0.1, 0.15) is 8.94 Å².